The van der Waals surface area contributed by atoms with Gasteiger partial charge < -0.3 is 0 Å². The Morgan fingerprint density at radius 3 is 1.44 bits per heavy atom. The Hall–Kier alpha value is 1.16. The minimum Gasteiger partial charge on any atom is -0.125 e. The fourth-order valence-electron chi connectivity index (χ4n) is 0.403. The molecule has 0 fully saturated rings. The fourth-order valence-corrected chi connectivity index (χ4v) is 1.18. The number of rotatable bonds is 4. The van der Waals surface area contributed by atoms with Crippen LogP contribution in [0.15, 0.2) is 0 Å². The van der Waals surface area contributed by atoms with Crippen molar-refractivity contribution in [3.8, 4) is 0 Å². The van der Waals surface area contributed by atoms with Gasteiger partial charge in [0.25, 0.3) is 0 Å². The first-order valence-electron chi connectivity index (χ1n) is 2.60. The lowest BCUT2D eigenvalue weighted by Gasteiger charge is -2.07. The fraction of sp³-hybridized carbons (Fsp3) is 1.00. The van der Waals surface area contributed by atoms with E-state index in [1.807, 2.05) is 0 Å². The van der Waals surface area contributed by atoms with Crippen LogP contribution in [0, 0.1) is 0 Å². The lowest BCUT2D eigenvalue weighted by Crippen LogP contribution is -2.10. The highest BCUT2D eigenvalue weighted by Crippen LogP contribution is 2.13. The van der Waals surface area contributed by atoms with Gasteiger partial charge in [-0.1, -0.05) is 0 Å². The lowest BCUT2D eigenvalue weighted by atomic mass is 10.3. The van der Waals surface area contributed by atoms with Crippen molar-refractivity contribution in [3.63, 3.8) is 0 Å². The summed E-state index contributed by atoms with van der Waals surface area (Å²) in [5.74, 6) is 0.864. The Bertz CT molecular complexity index is 58.0. The number of hydrogen-bond acceptors (Lipinski definition) is 0. The van der Waals surface area contributed by atoms with E-state index in [9.17, 15) is 0 Å². The van der Waals surface area contributed by atoms with Gasteiger partial charge in [0.1, 0.15) is 0 Å². The van der Waals surface area contributed by atoms with Crippen LogP contribution in [0.25, 0.3) is 0 Å². The van der Waals surface area contributed by atoms with E-state index in [2.05, 4.69) is 0 Å². The van der Waals surface area contributed by atoms with E-state index in [1.165, 1.54) is 0 Å². The third-order valence-corrected chi connectivity index (χ3v) is 2.57. The molecule has 0 aromatic rings. The molecule has 0 aliphatic rings. The van der Waals surface area contributed by atoms with Gasteiger partial charge in [-0.25, -0.2) is 0 Å². The predicted molar refractivity (Wildman–Crippen MR) is 45.3 cm³/mol. The van der Waals surface area contributed by atoms with E-state index in [4.69, 9.17) is 46.4 Å². The molecule has 0 amide bonds. The molecule has 0 radical (unpaired) electrons. The molecule has 0 N–H and O–H groups in total. The molecule has 0 saturated heterocycles. The zero-order valence-corrected chi connectivity index (χ0v) is 7.81. The van der Waals surface area contributed by atoms with Gasteiger partial charge in [0.2, 0.25) is 0 Å². The monoisotopic (exact) mass is 208 g/mol. The van der Waals surface area contributed by atoms with Gasteiger partial charge >= 0.3 is 0 Å². The zero-order chi connectivity index (χ0) is 7.28. The van der Waals surface area contributed by atoms with Crippen molar-refractivity contribution in [2.24, 2.45) is 0 Å². The maximum atomic E-state index is 5.66. The molecule has 2 atom stereocenters. The standard InChI is InChI=1S/C5H8Cl4/c6-2-4(8)1-5(9)3-7/h4-5H,1-3H2. The second-order valence-corrected chi connectivity index (χ2v) is 3.59. The van der Waals surface area contributed by atoms with E-state index in [1.54, 1.807) is 0 Å². The molecule has 0 spiro atoms. The molecular formula is C5H8Cl4. The summed E-state index contributed by atoms with van der Waals surface area (Å²) in [5, 5.41) is -0.0965. The van der Waals surface area contributed by atoms with Crippen molar-refractivity contribution in [3.05, 3.63) is 0 Å². The summed E-state index contributed by atoms with van der Waals surface area (Å²) < 4.78 is 0. The highest BCUT2D eigenvalue weighted by atomic mass is 35.5. The Morgan fingerprint density at radius 1 is 0.889 bits per heavy atom. The summed E-state index contributed by atoms with van der Waals surface area (Å²) >= 11 is 22.2. The third kappa shape index (κ3) is 5.60. The van der Waals surface area contributed by atoms with Crippen LogP contribution in [-0.2, 0) is 0 Å². The van der Waals surface area contributed by atoms with Crippen LogP contribution in [0.2, 0.25) is 0 Å². The normalized spacial score (nSPS) is 17.3. The molecule has 0 aliphatic carbocycles. The Morgan fingerprint density at radius 2 is 1.22 bits per heavy atom. The molecule has 0 aliphatic heterocycles. The van der Waals surface area contributed by atoms with Crippen LogP contribution >= 0.6 is 46.4 Å². The quantitative estimate of drug-likeness (QED) is 0.625. The van der Waals surface area contributed by atoms with Crippen LogP contribution < -0.4 is 0 Å². The summed E-state index contributed by atoms with van der Waals surface area (Å²) in [6.07, 6.45) is 0.677. The van der Waals surface area contributed by atoms with Crippen molar-refractivity contribution < 1.29 is 0 Å². The molecule has 0 saturated carbocycles. The van der Waals surface area contributed by atoms with Crippen molar-refractivity contribution >= 4 is 46.4 Å². The first-order valence-corrected chi connectivity index (χ1v) is 4.55. The average Bonchev–Trinajstić information content (AvgIpc) is 1.87. The predicted octanol–water partition coefficient (Wildman–Crippen LogP) is 3.07. The van der Waals surface area contributed by atoms with E-state index in [-0.39, 0.29) is 10.8 Å². The van der Waals surface area contributed by atoms with E-state index >= 15 is 0 Å². The topological polar surface area (TPSA) is 0 Å². The van der Waals surface area contributed by atoms with Crippen molar-refractivity contribution in [2.45, 2.75) is 17.2 Å². The molecule has 0 rings (SSSR count). The Balaban J connectivity index is 3.22. The second kappa shape index (κ2) is 5.91. The number of alkyl halides is 4. The van der Waals surface area contributed by atoms with Crippen molar-refractivity contribution in [2.75, 3.05) is 11.8 Å². The molecule has 56 valence electrons. The van der Waals surface area contributed by atoms with Crippen LogP contribution in [0.5, 0.6) is 0 Å². The summed E-state index contributed by atoms with van der Waals surface area (Å²) in [5.41, 5.74) is 0. The van der Waals surface area contributed by atoms with Crippen molar-refractivity contribution in [1.29, 1.82) is 0 Å². The van der Waals surface area contributed by atoms with Gasteiger partial charge in [-0.15, -0.1) is 46.4 Å². The van der Waals surface area contributed by atoms with Gasteiger partial charge in [0.15, 0.2) is 0 Å². The minimum absolute atomic E-state index is 0.0482. The van der Waals surface area contributed by atoms with Gasteiger partial charge in [-0.05, 0) is 6.42 Å². The second-order valence-electron chi connectivity index (χ2n) is 1.74. The summed E-state index contributed by atoms with van der Waals surface area (Å²) in [6, 6.07) is 0. The molecular weight excluding hydrogens is 202 g/mol. The molecule has 0 heterocycles. The van der Waals surface area contributed by atoms with Crippen molar-refractivity contribution in [1.82, 2.24) is 0 Å². The molecule has 0 aromatic heterocycles. The van der Waals surface area contributed by atoms with E-state index in [0.29, 0.717) is 18.2 Å². The zero-order valence-electron chi connectivity index (χ0n) is 4.79. The first kappa shape index (κ1) is 10.2. The number of hydrogen-bond donors (Lipinski definition) is 0. The average molecular weight is 210 g/mol. The van der Waals surface area contributed by atoms with Crippen LogP contribution in [0.3, 0.4) is 0 Å². The minimum atomic E-state index is -0.0482. The van der Waals surface area contributed by atoms with Crippen LogP contribution in [0.4, 0.5) is 0 Å². The SMILES string of the molecule is ClCC(Cl)CC(Cl)CCl. The van der Waals surface area contributed by atoms with Gasteiger partial charge in [0.05, 0.1) is 0 Å². The molecule has 0 nitrogen and oxygen atoms in total. The van der Waals surface area contributed by atoms with Crippen LogP contribution in [0.1, 0.15) is 6.42 Å². The van der Waals surface area contributed by atoms with Gasteiger partial charge in [-0.3, -0.25) is 0 Å². The highest BCUT2D eigenvalue weighted by Gasteiger charge is 2.09. The maximum absolute atomic E-state index is 5.66. The molecule has 9 heavy (non-hydrogen) atoms. The van der Waals surface area contributed by atoms with Gasteiger partial charge in [0, 0.05) is 22.5 Å². The van der Waals surface area contributed by atoms with E-state index < -0.39 is 0 Å². The number of halogens is 4. The molecule has 2 unspecified atom stereocenters. The van der Waals surface area contributed by atoms with E-state index in [0.717, 1.165) is 0 Å². The Labute approximate surface area is 75.4 Å². The first-order chi connectivity index (χ1) is 4.20. The molecule has 0 aromatic carbocycles. The largest absolute Gasteiger partial charge is 0.125 e. The third-order valence-electron chi connectivity index (χ3n) is 0.846. The highest BCUT2D eigenvalue weighted by molar-refractivity contribution is 6.30. The Kier molecular flexibility index (Phi) is 6.67. The van der Waals surface area contributed by atoms with Crippen LogP contribution in [-0.4, -0.2) is 22.5 Å². The summed E-state index contributed by atoms with van der Waals surface area (Å²) in [4.78, 5) is 0. The summed E-state index contributed by atoms with van der Waals surface area (Å²) in [7, 11) is 0. The van der Waals surface area contributed by atoms with Gasteiger partial charge in [-0.2, -0.15) is 0 Å². The molecule has 4 heteroatoms. The maximum Gasteiger partial charge on any atom is 0.0485 e. The smallest absolute Gasteiger partial charge is 0.0485 e. The summed E-state index contributed by atoms with van der Waals surface area (Å²) in [6.45, 7) is 0. The molecule has 0 bridgehead atoms. The lowest BCUT2D eigenvalue weighted by molar-refractivity contribution is 0.796.